The van der Waals surface area contributed by atoms with E-state index in [9.17, 15) is 9.18 Å². The van der Waals surface area contributed by atoms with E-state index in [0.29, 0.717) is 55.3 Å². The molecule has 4 aromatic rings. The molecular formula is C29H31AsFN5O4. The average molecular weight is 608 g/mol. The topological polar surface area (TPSA) is 82.0 Å². The second-order valence-corrected chi connectivity index (χ2v) is 11.6. The molecule has 0 atom stereocenters. The number of benzene rings is 2. The summed E-state index contributed by atoms with van der Waals surface area (Å²) >= 11 is 2.32. The number of rotatable bonds is 6. The molecule has 2 aromatic heterocycles. The van der Waals surface area contributed by atoms with Crippen LogP contribution in [0.4, 0.5) is 15.0 Å². The summed E-state index contributed by atoms with van der Waals surface area (Å²) in [6.45, 7) is 8.06. The normalized spacial score (nSPS) is 13.9. The van der Waals surface area contributed by atoms with E-state index in [-0.39, 0.29) is 11.8 Å². The number of carbonyl (C=O) groups excluding carboxylic acids is 1. The quantitative estimate of drug-likeness (QED) is 0.303. The van der Waals surface area contributed by atoms with Gasteiger partial charge in [0.15, 0.2) is 0 Å². The van der Waals surface area contributed by atoms with E-state index in [1.807, 2.05) is 49.7 Å². The summed E-state index contributed by atoms with van der Waals surface area (Å²) in [4.78, 5) is 21.1. The van der Waals surface area contributed by atoms with Crippen LogP contribution in [-0.4, -0.2) is 81.5 Å². The molecular weight excluding hydrogens is 576 g/mol. The van der Waals surface area contributed by atoms with Gasteiger partial charge in [-0.05, 0) is 32.9 Å². The monoisotopic (exact) mass is 607 g/mol. The van der Waals surface area contributed by atoms with Crippen molar-refractivity contribution in [2.45, 2.75) is 32.9 Å². The number of halogens is 1. The number of methoxy groups -OCH3 is 1. The molecule has 11 heteroatoms. The molecule has 0 aliphatic carbocycles. The van der Waals surface area contributed by atoms with Gasteiger partial charge in [0, 0.05) is 0 Å². The molecule has 2 radical (unpaired) electrons. The molecule has 5 rings (SSSR count). The molecule has 1 fully saturated rings. The van der Waals surface area contributed by atoms with Gasteiger partial charge in [-0.15, -0.1) is 0 Å². The number of piperazine rings is 1. The number of ether oxygens (including phenoxy) is 3. The smallest absolute Gasteiger partial charge is 0.0196 e. The molecule has 1 aliphatic rings. The Bertz CT molecular complexity index is 1510. The van der Waals surface area contributed by atoms with E-state index < -0.39 is 11.4 Å². The van der Waals surface area contributed by atoms with Crippen molar-refractivity contribution in [2.24, 2.45) is 0 Å². The zero-order chi connectivity index (χ0) is 28.4. The number of hydrogen-bond acceptors (Lipinski definition) is 7. The van der Waals surface area contributed by atoms with Crippen LogP contribution in [0.1, 0.15) is 26.3 Å². The van der Waals surface area contributed by atoms with Crippen molar-refractivity contribution >= 4 is 44.1 Å². The maximum absolute atomic E-state index is 14.7. The molecule has 0 unspecified atom stereocenters. The van der Waals surface area contributed by atoms with Gasteiger partial charge in [-0.2, -0.15) is 0 Å². The van der Waals surface area contributed by atoms with Crippen LogP contribution < -0.4 is 18.7 Å². The summed E-state index contributed by atoms with van der Waals surface area (Å²) in [6, 6.07) is 14.3. The van der Waals surface area contributed by atoms with E-state index >= 15 is 0 Å². The molecule has 0 spiro atoms. The Morgan fingerprint density at radius 1 is 1.02 bits per heavy atom. The Morgan fingerprint density at radius 3 is 2.40 bits per heavy atom. The zero-order valence-electron chi connectivity index (χ0n) is 22.9. The molecule has 1 saturated heterocycles. The number of hydrogen-bond donors (Lipinski definition) is 0. The Hall–Kier alpha value is -3.78. The van der Waals surface area contributed by atoms with Gasteiger partial charge < -0.3 is 9.47 Å². The minimum Gasteiger partial charge on any atom is -0.0196 e. The number of anilines is 1. The SMILES string of the molecule is COc1ccc(Cn2nc(N3CCN(C(=O)OC(C)(C)C)CC3)c3c(Oc4ccc([As])cc4F)ccnc32)cc1. The first kappa shape index (κ1) is 27.8. The summed E-state index contributed by atoms with van der Waals surface area (Å²) in [7, 11) is 1.63. The third-order valence-corrected chi connectivity index (χ3v) is 7.02. The van der Waals surface area contributed by atoms with Crippen LogP contribution in [0.25, 0.3) is 11.0 Å². The molecule has 0 bridgehead atoms. The third-order valence-electron chi connectivity index (χ3n) is 6.43. The minimum atomic E-state index is -0.563. The minimum absolute atomic E-state index is 0.117. The fraction of sp³-hybridized carbons (Fsp3) is 0.345. The summed E-state index contributed by atoms with van der Waals surface area (Å²) in [5, 5.41) is 5.64. The number of nitrogens with zero attached hydrogens (tertiary/aromatic N) is 5. The first-order chi connectivity index (χ1) is 19.1. The van der Waals surface area contributed by atoms with E-state index in [1.165, 1.54) is 6.07 Å². The summed E-state index contributed by atoms with van der Waals surface area (Å²) < 4.78 is 34.3. The van der Waals surface area contributed by atoms with Gasteiger partial charge in [0.25, 0.3) is 0 Å². The summed E-state index contributed by atoms with van der Waals surface area (Å²) in [6.07, 6.45) is 1.30. The zero-order valence-corrected chi connectivity index (χ0v) is 24.8. The Morgan fingerprint density at radius 2 is 1.75 bits per heavy atom. The Balaban J connectivity index is 1.49. The predicted octanol–water partition coefficient (Wildman–Crippen LogP) is 4.27. The van der Waals surface area contributed by atoms with Crippen molar-refractivity contribution in [1.82, 2.24) is 19.7 Å². The molecule has 9 nitrogen and oxygen atoms in total. The van der Waals surface area contributed by atoms with Gasteiger partial charge in [-0.1, -0.05) is 0 Å². The van der Waals surface area contributed by atoms with Crippen molar-refractivity contribution in [1.29, 1.82) is 0 Å². The van der Waals surface area contributed by atoms with Crippen LogP contribution in [0.2, 0.25) is 0 Å². The van der Waals surface area contributed by atoms with Gasteiger partial charge in [-0.25, -0.2) is 4.79 Å². The van der Waals surface area contributed by atoms with Crippen LogP contribution in [0.3, 0.4) is 0 Å². The van der Waals surface area contributed by atoms with Crippen LogP contribution in [0.15, 0.2) is 54.7 Å². The van der Waals surface area contributed by atoms with Crippen molar-refractivity contribution in [3.8, 4) is 17.2 Å². The van der Waals surface area contributed by atoms with Crippen molar-refractivity contribution < 1.29 is 23.4 Å². The average Bonchev–Trinajstić information content (AvgIpc) is 3.29. The molecule has 2 aromatic carbocycles. The van der Waals surface area contributed by atoms with Gasteiger partial charge in [0.2, 0.25) is 0 Å². The fourth-order valence-corrected chi connectivity index (χ4v) is 4.88. The van der Waals surface area contributed by atoms with Gasteiger partial charge in [-0.3, -0.25) is 0 Å². The van der Waals surface area contributed by atoms with E-state index in [2.05, 4.69) is 26.7 Å². The van der Waals surface area contributed by atoms with E-state index in [1.54, 1.807) is 36.4 Å². The van der Waals surface area contributed by atoms with Crippen molar-refractivity contribution in [3.05, 3.63) is 66.1 Å². The van der Waals surface area contributed by atoms with Crippen molar-refractivity contribution in [3.63, 3.8) is 0 Å². The molecule has 208 valence electrons. The number of pyridine rings is 1. The Kier molecular flexibility index (Phi) is 7.90. The number of fused-ring (bicyclic) bond motifs is 1. The van der Waals surface area contributed by atoms with E-state index in [4.69, 9.17) is 19.3 Å². The Labute approximate surface area is 241 Å². The first-order valence-corrected chi connectivity index (χ1v) is 13.9. The van der Waals surface area contributed by atoms with Gasteiger partial charge >= 0.3 is 176 Å². The third kappa shape index (κ3) is 6.17. The van der Waals surface area contributed by atoms with Gasteiger partial charge in [0.1, 0.15) is 11.4 Å². The molecule has 3 heterocycles. The summed E-state index contributed by atoms with van der Waals surface area (Å²) in [5.41, 5.74) is 1.07. The number of amides is 1. The van der Waals surface area contributed by atoms with Crippen LogP contribution in [0.5, 0.6) is 17.2 Å². The molecule has 1 amide bonds. The number of carbonyl (C=O) groups is 1. The predicted molar refractivity (Wildman–Crippen MR) is 152 cm³/mol. The molecule has 0 saturated carbocycles. The molecule has 1 aliphatic heterocycles. The summed E-state index contributed by atoms with van der Waals surface area (Å²) in [5.74, 6) is 1.55. The second-order valence-electron chi connectivity index (χ2n) is 10.5. The molecule has 40 heavy (non-hydrogen) atoms. The second kappa shape index (κ2) is 11.4. The van der Waals surface area contributed by atoms with Crippen molar-refractivity contribution in [2.75, 3.05) is 38.2 Å². The van der Waals surface area contributed by atoms with Gasteiger partial charge in [0.05, 0.1) is 7.11 Å². The first-order valence-electron chi connectivity index (χ1n) is 13.0. The standard InChI is InChI=1S/C29H31AsFN5O4/c1-29(2,3)40-28(37)35-15-13-34(14-16-35)27-25-24(39-23-10-7-20(30)17-22(23)31)11-12-32-26(25)36(33-27)18-19-5-8-21(38-4)9-6-19/h5-12,17H,13-16,18H2,1-4H3. The maximum atomic E-state index is 14.7. The van der Waals surface area contributed by atoms with Crippen LogP contribution >= 0.6 is 0 Å². The van der Waals surface area contributed by atoms with Crippen LogP contribution in [-0.2, 0) is 11.3 Å². The number of aromatic nitrogens is 3. The van der Waals surface area contributed by atoms with E-state index in [0.717, 1.165) is 15.7 Å². The van der Waals surface area contributed by atoms with Crippen LogP contribution in [0, 0.1) is 5.82 Å². The fourth-order valence-electron chi connectivity index (χ4n) is 4.49. The molecule has 0 N–H and O–H groups in total.